The van der Waals surface area contributed by atoms with Crippen LogP contribution in [0.25, 0.3) is 0 Å². The van der Waals surface area contributed by atoms with Crippen LogP contribution < -0.4 is 0 Å². The number of benzene rings is 1. The van der Waals surface area contributed by atoms with Gasteiger partial charge in [-0.05, 0) is 29.2 Å². The molecule has 0 aromatic heterocycles. The van der Waals surface area contributed by atoms with Crippen LogP contribution in [0.15, 0.2) is 22.7 Å². The van der Waals surface area contributed by atoms with Crippen LogP contribution >= 0.6 is 23.5 Å². The largest absolute Gasteiger partial charge is 0.480 e. The summed E-state index contributed by atoms with van der Waals surface area (Å²) in [5.41, 5.74) is 1.65. The summed E-state index contributed by atoms with van der Waals surface area (Å²) in [4.78, 5) is 45.5. The van der Waals surface area contributed by atoms with Gasteiger partial charge in [-0.3, -0.25) is 4.57 Å². The van der Waals surface area contributed by atoms with Gasteiger partial charge in [0.2, 0.25) is 0 Å². The first-order valence-corrected chi connectivity index (χ1v) is 10.7. The average Bonchev–Trinajstić information content (AvgIpc) is 2.50. The third-order valence-corrected chi connectivity index (χ3v) is 5.24. The molecular weight excluding hydrogens is 427 g/mol. The molecule has 10 heteroatoms. The van der Waals surface area contributed by atoms with Gasteiger partial charge in [0.25, 0.3) is 0 Å². The Morgan fingerprint density at radius 2 is 2.00 bits per heavy atom. The highest BCUT2D eigenvalue weighted by Gasteiger charge is 2.38. The average molecular weight is 449 g/mol. The summed E-state index contributed by atoms with van der Waals surface area (Å²) in [6.45, 7) is 3.84. The van der Waals surface area contributed by atoms with Crippen LogP contribution in [0.3, 0.4) is 0 Å². The van der Waals surface area contributed by atoms with E-state index in [-0.39, 0.29) is 25.4 Å². The van der Waals surface area contributed by atoms with Gasteiger partial charge in [0, 0.05) is 24.0 Å². The lowest BCUT2D eigenvalue weighted by Gasteiger charge is -2.38. The van der Waals surface area contributed by atoms with Crippen molar-refractivity contribution < 1.29 is 29.0 Å². The number of carboxylic acid groups (broad SMARTS) is 1. The van der Waals surface area contributed by atoms with Crippen molar-refractivity contribution in [3.8, 4) is 0 Å². The van der Waals surface area contributed by atoms with Crippen molar-refractivity contribution in [1.82, 2.24) is 9.80 Å². The molecule has 0 bridgehead atoms. The number of carbonyl (C=O) groups is 2. The molecule has 2 amide bonds. The number of fused-ring (bicyclic) bond motifs is 1. The minimum absolute atomic E-state index is 0.0261. The van der Waals surface area contributed by atoms with E-state index in [0.29, 0.717) is 0 Å². The molecule has 0 saturated heterocycles. The fraction of sp³-hybridized carbons (Fsp3) is 0.500. The normalized spacial score (nSPS) is 17.2. The lowest BCUT2D eigenvalue weighted by atomic mass is 9.94. The van der Waals surface area contributed by atoms with Gasteiger partial charge in [-0.2, -0.15) is 0 Å². The SMILES string of the molecule is CC(C)CN(CP(=O)(O)O)C(=O)N1Cc2ccc(Br)cc2C[C@H]1C(=O)O. The first-order valence-electron chi connectivity index (χ1n) is 8.08. The molecule has 0 unspecified atom stereocenters. The fourth-order valence-corrected chi connectivity index (χ4v) is 4.10. The van der Waals surface area contributed by atoms with Gasteiger partial charge in [-0.15, -0.1) is 0 Å². The zero-order chi connectivity index (χ0) is 19.6. The summed E-state index contributed by atoms with van der Waals surface area (Å²) >= 11 is 3.35. The number of amides is 2. The van der Waals surface area contributed by atoms with E-state index >= 15 is 0 Å². The topological polar surface area (TPSA) is 118 Å². The predicted molar refractivity (Wildman–Crippen MR) is 98.7 cm³/mol. The van der Waals surface area contributed by atoms with E-state index in [1.54, 1.807) is 0 Å². The van der Waals surface area contributed by atoms with Crippen molar-refractivity contribution in [2.75, 3.05) is 12.8 Å². The summed E-state index contributed by atoms with van der Waals surface area (Å²) in [6, 6.07) is 3.69. The van der Waals surface area contributed by atoms with Gasteiger partial charge in [0.15, 0.2) is 0 Å². The second kappa shape index (κ2) is 8.08. The Hall–Kier alpha value is -1.41. The lowest BCUT2D eigenvalue weighted by molar-refractivity contribution is -0.142. The highest BCUT2D eigenvalue weighted by Crippen LogP contribution is 2.36. The van der Waals surface area contributed by atoms with Crippen LogP contribution in [0.1, 0.15) is 25.0 Å². The molecular formula is C16H22BrN2O6P. The predicted octanol–water partition coefficient (Wildman–Crippen LogP) is 2.47. The Morgan fingerprint density at radius 1 is 1.35 bits per heavy atom. The molecule has 8 nitrogen and oxygen atoms in total. The number of urea groups is 1. The molecule has 0 radical (unpaired) electrons. The van der Waals surface area contributed by atoms with E-state index in [1.165, 1.54) is 4.90 Å². The monoisotopic (exact) mass is 448 g/mol. The van der Waals surface area contributed by atoms with Gasteiger partial charge >= 0.3 is 19.6 Å². The molecule has 0 saturated carbocycles. The fourth-order valence-electron chi connectivity index (χ4n) is 3.01. The van der Waals surface area contributed by atoms with Gasteiger partial charge < -0.3 is 24.7 Å². The summed E-state index contributed by atoms with van der Waals surface area (Å²) in [5, 5.41) is 9.57. The lowest BCUT2D eigenvalue weighted by Crippen LogP contribution is -2.54. The minimum atomic E-state index is -4.47. The first-order chi connectivity index (χ1) is 12.0. The van der Waals surface area contributed by atoms with E-state index in [2.05, 4.69) is 15.9 Å². The van der Waals surface area contributed by atoms with E-state index < -0.39 is 31.9 Å². The number of aliphatic carboxylic acids is 1. The van der Waals surface area contributed by atoms with Crippen LogP contribution in [-0.2, 0) is 22.3 Å². The van der Waals surface area contributed by atoms with Crippen LogP contribution in [0.2, 0.25) is 0 Å². The van der Waals surface area contributed by atoms with Crippen molar-refractivity contribution in [1.29, 1.82) is 0 Å². The summed E-state index contributed by atoms with van der Waals surface area (Å²) in [7, 11) is -4.47. The highest BCUT2D eigenvalue weighted by atomic mass is 79.9. The van der Waals surface area contributed by atoms with Gasteiger partial charge in [-0.1, -0.05) is 35.8 Å². The molecule has 1 atom stereocenters. The van der Waals surface area contributed by atoms with E-state index in [1.807, 2.05) is 32.0 Å². The zero-order valence-electron chi connectivity index (χ0n) is 14.5. The van der Waals surface area contributed by atoms with Crippen LogP contribution in [-0.4, -0.2) is 55.6 Å². The molecule has 1 aliphatic rings. The number of carboxylic acids is 1. The Morgan fingerprint density at radius 3 is 2.54 bits per heavy atom. The van der Waals surface area contributed by atoms with Crippen molar-refractivity contribution in [2.24, 2.45) is 5.92 Å². The minimum Gasteiger partial charge on any atom is -0.480 e. The van der Waals surface area contributed by atoms with E-state index in [4.69, 9.17) is 0 Å². The number of nitrogens with zero attached hydrogens (tertiary/aromatic N) is 2. The number of carbonyl (C=O) groups excluding carboxylic acids is 1. The van der Waals surface area contributed by atoms with Crippen molar-refractivity contribution in [3.63, 3.8) is 0 Å². The van der Waals surface area contributed by atoms with Crippen LogP contribution in [0.5, 0.6) is 0 Å². The molecule has 0 aliphatic carbocycles. The Balaban J connectivity index is 2.34. The smallest absolute Gasteiger partial charge is 0.344 e. The molecule has 1 aromatic rings. The Kier molecular flexibility index (Phi) is 6.50. The molecule has 0 fully saturated rings. The van der Waals surface area contributed by atoms with Gasteiger partial charge in [0.1, 0.15) is 12.3 Å². The molecule has 1 aromatic carbocycles. The van der Waals surface area contributed by atoms with E-state index in [0.717, 1.165) is 20.5 Å². The highest BCUT2D eigenvalue weighted by molar-refractivity contribution is 9.10. The third-order valence-electron chi connectivity index (χ3n) is 4.04. The quantitative estimate of drug-likeness (QED) is 0.595. The Labute approximate surface area is 160 Å². The molecule has 0 spiro atoms. The maximum Gasteiger partial charge on any atom is 0.344 e. The molecule has 2 rings (SSSR count). The maximum atomic E-state index is 12.9. The van der Waals surface area contributed by atoms with E-state index in [9.17, 15) is 29.0 Å². The number of hydrogen-bond donors (Lipinski definition) is 3. The van der Waals surface area contributed by atoms with Crippen LogP contribution in [0.4, 0.5) is 4.79 Å². The van der Waals surface area contributed by atoms with Crippen molar-refractivity contribution in [2.45, 2.75) is 32.9 Å². The molecule has 1 aliphatic heterocycles. The summed E-state index contributed by atoms with van der Waals surface area (Å²) in [5.74, 6) is -1.17. The summed E-state index contributed by atoms with van der Waals surface area (Å²) in [6.07, 6.45) is -0.596. The first kappa shape index (κ1) is 20.9. The zero-order valence-corrected chi connectivity index (χ0v) is 17.0. The molecule has 26 heavy (non-hydrogen) atoms. The molecule has 144 valence electrons. The van der Waals surface area contributed by atoms with Crippen molar-refractivity contribution in [3.05, 3.63) is 33.8 Å². The Bertz CT molecular complexity index is 750. The third kappa shape index (κ3) is 5.30. The van der Waals surface area contributed by atoms with Crippen LogP contribution in [0, 0.1) is 5.92 Å². The number of halogens is 1. The van der Waals surface area contributed by atoms with Gasteiger partial charge in [-0.25, -0.2) is 9.59 Å². The van der Waals surface area contributed by atoms with Gasteiger partial charge in [0.05, 0.1) is 0 Å². The second-order valence-corrected chi connectivity index (χ2v) is 9.33. The maximum absolute atomic E-state index is 12.9. The molecule has 1 heterocycles. The van der Waals surface area contributed by atoms with Crippen molar-refractivity contribution >= 4 is 35.5 Å². The molecule has 3 N–H and O–H groups in total. The number of rotatable bonds is 5. The second-order valence-electron chi connectivity index (χ2n) is 6.80. The standard InChI is InChI=1S/C16H22BrN2O6P/c1-10(2)7-18(9-26(23,24)25)16(22)19-8-11-3-4-13(17)5-12(11)6-14(19)15(20)21/h3-5,10,14H,6-9H2,1-2H3,(H,20,21)(H2,23,24,25)/t14-/m0/s1. The number of hydrogen-bond acceptors (Lipinski definition) is 3. The summed E-state index contributed by atoms with van der Waals surface area (Å²) < 4.78 is 12.2.